The summed E-state index contributed by atoms with van der Waals surface area (Å²) in [6, 6.07) is 1.99. The van der Waals surface area contributed by atoms with E-state index in [2.05, 4.69) is 16.8 Å². The van der Waals surface area contributed by atoms with Crippen molar-refractivity contribution in [3.8, 4) is 0 Å². The molecule has 0 saturated carbocycles. The molecule has 1 aliphatic rings. The minimum atomic E-state index is -0.424. The summed E-state index contributed by atoms with van der Waals surface area (Å²) in [6.45, 7) is 7.56. The first-order valence-corrected chi connectivity index (χ1v) is 6.68. The van der Waals surface area contributed by atoms with Crippen LogP contribution in [-0.4, -0.2) is 30.0 Å². The van der Waals surface area contributed by atoms with Crippen molar-refractivity contribution < 1.29 is 4.79 Å². The summed E-state index contributed by atoms with van der Waals surface area (Å²) in [5.74, 6) is 0.763. The summed E-state index contributed by atoms with van der Waals surface area (Å²) in [5.41, 5.74) is 13.9. The maximum atomic E-state index is 11.7. The van der Waals surface area contributed by atoms with Crippen LogP contribution < -0.4 is 16.4 Å². The largest absolute Gasteiger partial charge is 0.365 e. The van der Waals surface area contributed by atoms with Crippen LogP contribution in [0.2, 0.25) is 0 Å². The number of hydrogen-bond acceptors (Lipinski definition) is 4. The first kappa shape index (κ1) is 13.8. The number of primary amides is 1. The van der Waals surface area contributed by atoms with E-state index in [1.165, 1.54) is 0 Å². The zero-order valence-corrected chi connectivity index (χ0v) is 11.8. The van der Waals surface area contributed by atoms with Gasteiger partial charge in [0, 0.05) is 24.8 Å². The molecule has 2 unspecified atom stereocenters. The van der Waals surface area contributed by atoms with Gasteiger partial charge >= 0.3 is 0 Å². The molecule has 5 heteroatoms. The molecular formula is C14H22N4O. The molecule has 2 rings (SSSR count). The van der Waals surface area contributed by atoms with Gasteiger partial charge in [0.2, 0.25) is 0 Å². The van der Waals surface area contributed by atoms with Crippen molar-refractivity contribution in [2.45, 2.75) is 33.2 Å². The summed E-state index contributed by atoms with van der Waals surface area (Å²) in [5, 5.41) is 0. The Morgan fingerprint density at radius 2 is 2.16 bits per heavy atom. The maximum Gasteiger partial charge on any atom is 0.252 e. The molecule has 1 saturated heterocycles. The Kier molecular flexibility index (Phi) is 3.75. The number of carbonyl (C=O) groups excluding carboxylic acids is 1. The van der Waals surface area contributed by atoms with Gasteiger partial charge in [-0.3, -0.25) is 4.79 Å². The zero-order chi connectivity index (χ0) is 14.2. The molecule has 2 atom stereocenters. The first-order chi connectivity index (χ1) is 8.90. The highest BCUT2D eigenvalue weighted by Gasteiger charge is 2.27. The van der Waals surface area contributed by atoms with Gasteiger partial charge < -0.3 is 16.4 Å². The number of anilines is 1. The Labute approximate surface area is 114 Å². The van der Waals surface area contributed by atoms with Crippen molar-refractivity contribution in [2.24, 2.45) is 17.4 Å². The lowest BCUT2D eigenvalue weighted by Crippen LogP contribution is -2.48. The molecule has 1 aromatic rings. The summed E-state index contributed by atoms with van der Waals surface area (Å²) in [6.07, 6.45) is 1.01. The summed E-state index contributed by atoms with van der Waals surface area (Å²) in [7, 11) is 0. The van der Waals surface area contributed by atoms with Gasteiger partial charge in [0.25, 0.3) is 5.91 Å². The number of hydrogen-bond donors (Lipinski definition) is 2. The maximum absolute atomic E-state index is 11.7. The van der Waals surface area contributed by atoms with Crippen LogP contribution in [0.5, 0.6) is 0 Å². The number of rotatable bonds is 2. The van der Waals surface area contributed by atoms with Gasteiger partial charge in [-0.15, -0.1) is 0 Å². The van der Waals surface area contributed by atoms with Gasteiger partial charge in [0.15, 0.2) is 0 Å². The average molecular weight is 262 g/mol. The fourth-order valence-electron chi connectivity index (χ4n) is 2.64. The Bertz CT molecular complexity index is 500. The summed E-state index contributed by atoms with van der Waals surface area (Å²) >= 11 is 0. The van der Waals surface area contributed by atoms with Crippen LogP contribution in [0.3, 0.4) is 0 Å². The van der Waals surface area contributed by atoms with E-state index in [4.69, 9.17) is 11.5 Å². The second kappa shape index (κ2) is 5.17. The molecule has 5 nitrogen and oxygen atoms in total. The Hall–Kier alpha value is -1.62. The second-order valence-electron chi connectivity index (χ2n) is 5.52. The van der Waals surface area contributed by atoms with Gasteiger partial charge in [-0.05, 0) is 37.8 Å². The summed E-state index contributed by atoms with van der Waals surface area (Å²) < 4.78 is 0. The van der Waals surface area contributed by atoms with Gasteiger partial charge in [-0.1, -0.05) is 6.92 Å². The highest BCUT2D eigenvalue weighted by Crippen LogP contribution is 2.26. The molecule has 1 aliphatic heterocycles. The molecule has 0 bridgehead atoms. The Morgan fingerprint density at radius 3 is 2.74 bits per heavy atom. The molecule has 104 valence electrons. The van der Waals surface area contributed by atoms with Gasteiger partial charge in [0.05, 0.1) is 5.56 Å². The molecule has 0 spiro atoms. The van der Waals surface area contributed by atoms with Crippen LogP contribution in [0.25, 0.3) is 0 Å². The van der Waals surface area contributed by atoms with E-state index in [9.17, 15) is 4.79 Å². The SMILES string of the molecule is Cc1cc(C)c(C(N)=O)c(N2CCC(C)C(N)C2)n1. The highest BCUT2D eigenvalue weighted by atomic mass is 16.1. The van der Waals surface area contributed by atoms with Crippen LogP contribution in [0, 0.1) is 19.8 Å². The second-order valence-corrected chi connectivity index (χ2v) is 5.52. The predicted molar refractivity (Wildman–Crippen MR) is 76.2 cm³/mol. The molecule has 1 aromatic heterocycles. The first-order valence-electron chi connectivity index (χ1n) is 6.68. The normalized spacial score (nSPS) is 23.5. The van der Waals surface area contributed by atoms with Crippen LogP contribution >= 0.6 is 0 Å². The number of aryl methyl sites for hydroxylation is 2. The topological polar surface area (TPSA) is 85.2 Å². The van der Waals surface area contributed by atoms with Crippen molar-refractivity contribution in [1.82, 2.24) is 4.98 Å². The van der Waals surface area contributed by atoms with E-state index in [-0.39, 0.29) is 6.04 Å². The summed E-state index contributed by atoms with van der Waals surface area (Å²) in [4.78, 5) is 18.3. The molecule has 0 radical (unpaired) electrons. The van der Waals surface area contributed by atoms with Gasteiger partial charge in [0.1, 0.15) is 5.82 Å². The minimum Gasteiger partial charge on any atom is -0.365 e. The Morgan fingerprint density at radius 1 is 1.47 bits per heavy atom. The lowest BCUT2D eigenvalue weighted by molar-refractivity contribution is 0.0999. The lowest BCUT2D eigenvalue weighted by atomic mass is 9.94. The highest BCUT2D eigenvalue weighted by molar-refractivity contribution is 5.99. The third-order valence-corrected chi connectivity index (χ3v) is 3.89. The van der Waals surface area contributed by atoms with Crippen molar-refractivity contribution in [3.05, 3.63) is 22.9 Å². The smallest absolute Gasteiger partial charge is 0.252 e. The van der Waals surface area contributed by atoms with Crippen LogP contribution in [0.1, 0.15) is 35.0 Å². The number of carbonyl (C=O) groups is 1. The van der Waals surface area contributed by atoms with Gasteiger partial charge in [-0.2, -0.15) is 0 Å². The van der Waals surface area contributed by atoms with Crippen LogP contribution in [-0.2, 0) is 0 Å². The van der Waals surface area contributed by atoms with Crippen molar-refractivity contribution in [2.75, 3.05) is 18.0 Å². The Balaban J connectivity index is 2.41. The number of nitrogens with zero attached hydrogens (tertiary/aromatic N) is 2. The molecular weight excluding hydrogens is 240 g/mol. The van der Waals surface area contributed by atoms with Crippen molar-refractivity contribution in [1.29, 1.82) is 0 Å². The van der Waals surface area contributed by atoms with E-state index in [0.29, 0.717) is 17.3 Å². The van der Waals surface area contributed by atoms with E-state index in [1.54, 1.807) is 0 Å². The quantitative estimate of drug-likeness (QED) is 0.831. The van der Waals surface area contributed by atoms with Gasteiger partial charge in [-0.25, -0.2) is 4.98 Å². The number of pyridine rings is 1. The molecule has 19 heavy (non-hydrogen) atoms. The third-order valence-electron chi connectivity index (χ3n) is 3.89. The third kappa shape index (κ3) is 2.71. The molecule has 1 amide bonds. The molecule has 2 heterocycles. The van der Waals surface area contributed by atoms with E-state index in [1.807, 2.05) is 19.9 Å². The van der Waals surface area contributed by atoms with Crippen molar-refractivity contribution in [3.63, 3.8) is 0 Å². The predicted octanol–water partition coefficient (Wildman–Crippen LogP) is 0.971. The van der Waals surface area contributed by atoms with E-state index in [0.717, 1.165) is 30.8 Å². The van der Waals surface area contributed by atoms with E-state index < -0.39 is 5.91 Å². The monoisotopic (exact) mass is 262 g/mol. The molecule has 0 aliphatic carbocycles. The zero-order valence-electron chi connectivity index (χ0n) is 11.8. The van der Waals surface area contributed by atoms with Crippen LogP contribution in [0.4, 0.5) is 5.82 Å². The molecule has 1 fully saturated rings. The average Bonchev–Trinajstić information content (AvgIpc) is 2.31. The van der Waals surface area contributed by atoms with Crippen molar-refractivity contribution >= 4 is 11.7 Å². The number of piperidine rings is 1. The fraction of sp³-hybridized carbons (Fsp3) is 0.571. The number of aromatic nitrogens is 1. The fourth-order valence-corrected chi connectivity index (χ4v) is 2.64. The number of nitrogens with two attached hydrogens (primary N) is 2. The standard InChI is InChI=1S/C14H22N4O/c1-8-4-5-18(7-11(8)15)14-12(13(16)19)9(2)6-10(3)17-14/h6,8,11H,4-5,7,15H2,1-3H3,(H2,16,19). The lowest BCUT2D eigenvalue weighted by Gasteiger charge is -2.36. The van der Waals surface area contributed by atoms with Crippen LogP contribution in [0.15, 0.2) is 6.07 Å². The molecule has 0 aromatic carbocycles. The van der Waals surface area contributed by atoms with E-state index >= 15 is 0 Å². The molecule has 4 N–H and O–H groups in total. The minimum absolute atomic E-state index is 0.108. The number of amides is 1.